The molecule has 1 N–H and O–H groups in total. The van der Waals surface area contributed by atoms with E-state index in [1.54, 1.807) is 6.07 Å². The van der Waals surface area contributed by atoms with Crippen molar-refractivity contribution in [2.75, 3.05) is 29.9 Å². The van der Waals surface area contributed by atoms with Crippen molar-refractivity contribution in [3.05, 3.63) is 64.3 Å². The lowest BCUT2D eigenvalue weighted by molar-refractivity contribution is -0.130. The summed E-state index contributed by atoms with van der Waals surface area (Å²) in [5.74, 6) is 1.63. The zero-order chi connectivity index (χ0) is 20.4. The lowest BCUT2D eigenvalue weighted by Gasteiger charge is -2.26. The van der Waals surface area contributed by atoms with Gasteiger partial charge in [0.05, 0.1) is 11.3 Å². The zero-order valence-electron chi connectivity index (χ0n) is 16.0. The van der Waals surface area contributed by atoms with E-state index in [0.717, 1.165) is 45.8 Å². The molecule has 4 rings (SSSR count). The van der Waals surface area contributed by atoms with Gasteiger partial charge < -0.3 is 10.2 Å². The third-order valence-corrected chi connectivity index (χ3v) is 7.25. The van der Waals surface area contributed by atoms with Gasteiger partial charge >= 0.3 is 0 Å². The van der Waals surface area contributed by atoms with E-state index in [9.17, 15) is 14.0 Å². The number of aryl methyl sites for hydroxylation is 1. The van der Waals surface area contributed by atoms with Gasteiger partial charge in [-0.1, -0.05) is 12.1 Å². The highest BCUT2D eigenvalue weighted by Gasteiger charge is 2.18. The zero-order valence-corrected chi connectivity index (χ0v) is 17.7. The van der Waals surface area contributed by atoms with Crippen LogP contribution in [0.25, 0.3) is 10.1 Å². The maximum Gasteiger partial charge on any atom is 0.266 e. The van der Waals surface area contributed by atoms with E-state index in [1.165, 1.54) is 23.5 Å². The number of nitrogens with one attached hydrogen (secondary N) is 1. The SMILES string of the molecule is Cc1c(C(=O)Nc2ccc(CC(=O)N3CCSCC3)cc2)sc2ccc(F)cc12. The van der Waals surface area contributed by atoms with Crippen molar-refractivity contribution in [3.63, 3.8) is 0 Å². The minimum absolute atomic E-state index is 0.148. The number of fused-ring (bicyclic) bond motifs is 1. The molecule has 2 aromatic carbocycles. The fourth-order valence-corrected chi connectivity index (χ4v) is 5.39. The van der Waals surface area contributed by atoms with Crippen LogP contribution in [0, 0.1) is 12.7 Å². The highest BCUT2D eigenvalue weighted by atomic mass is 32.2. The molecule has 7 heteroatoms. The van der Waals surface area contributed by atoms with Crippen molar-refractivity contribution < 1.29 is 14.0 Å². The summed E-state index contributed by atoms with van der Waals surface area (Å²) in [6, 6.07) is 11.9. The summed E-state index contributed by atoms with van der Waals surface area (Å²) in [6.07, 6.45) is 0.375. The lowest BCUT2D eigenvalue weighted by atomic mass is 10.1. The Balaban J connectivity index is 1.42. The van der Waals surface area contributed by atoms with E-state index < -0.39 is 0 Å². The van der Waals surface area contributed by atoms with Crippen molar-refractivity contribution in [2.24, 2.45) is 0 Å². The number of amides is 2. The Morgan fingerprint density at radius 1 is 1.10 bits per heavy atom. The van der Waals surface area contributed by atoms with Crippen LogP contribution in [0.1, 0.15) is 20.8 Å². The van der Waals surface area contributed by atoms with Crippen LogP contribution in [-0.2, 0) is 11.2 Å². The summed E-state index contributed by atoms with van der Waals surface area (Å²) in [7, 11) is 0. The fourth-order valence-electron chi connectivity index (χ4n) is 3.40. The van der Waals surface area contributed by atoms with Gasteiger partial charge in [-0.05, 0) is 53.8 Å². The number of hydrogen-bond acceptors (Lipinski definition) is 4. The molecule has 0 bridgehead atoms. The van der Waals surface area contributed by atoms with E-state index >= 15 is 0 Å². The molecular weight excluding hydrogens is 407 g/mol. The van der Waals surface area contributed by atoms with Gasteiger partial charge in [-0.3, -0.25) is 9.59 Å². The summed E-state index contributed by atoms with van der Waals surface area (Å²) in [5, 5.41) is 3.67. The second-order valence-corrected chi connectivity index (χ2v) is 9.29. The van der Waals surface area contributed by atoms with Gasteiger partial charge in [-0.15, -0.1) is 11.3 Å². The molecule has 0 spiro atoms. The van der Waals surface area contributed by atoms with Gasteiger partial charge in [0.25, 0.3) is 5.91 Å². The van der Waals surface area contributed by atoms with Crippen molar-refractivity contribution in [1.82, 2.24) is 4.90 Å². The van der Waals surface area contributed by atoms with E-state index in [2.05, 4.69) is 5.32 Å². The second-order valence-electron chi connectivity index (χ2n) is 7.02. The fraction of sp³-hybridized carbons (Fsp3) is 0.273. The first-order valence-electron chi connectivity index (χ1n) is 9.46. The van der Waals surface area contributed by atoms with Crippen LogP contribution in [-0.4, -0.2) is 41.3 Å². The van der Waals surface area contributed by atoms with Crippen LogP contribution in [0.5, 0.6) is 0 Å². The van der Waals surface area contributed by atoms with Gasteiger partial charge in [0.15, 0.2) is 0 Å². The Hall–Kier alpha value is -2.38. The average molecular weight is 429 g/mol. The normalized spacial score (nSPS) is 14.2. The van der Waals surface area contributed by atoms with E-state index in [4.69, 9.17) is 0 Å². The van der Waals surface area contributed by atoms with Gasteiger partial charge in [-0.25, -0.2) is 4.39 Å². The van der Waals surface area contributed by atoms with E-state index in [1.807, 2.05) is 47.9 Å². The molecule has 1 aliphatic rings. The number of carbonyl (C=O) groups is 2. The highest BCUT2D eigenvalue weighted by Crippen LogP contribution is 2.31. The molecule has 0 radical (unpaired) electrons. The van der Waals surface area contributed by atoms with E-state index in [0.29, 0.717) is 17.0 Å². The van der Waals surface area contributed by atoms with Crippen molar-refractivity contribution in [1.29, 1.82) is 0 Å². The van der Waals surface area contributed by atoms with Crippen LogP contribution >= 0.6 is 23.1 Å². The molecule has 2 amide bonds. The summed E-state index contributed by atoms with van der Waals surface area (Å²) in [6.45, 7) is 3.47. The summed E-state index contributed by atoms with van der Waals surface area (Å²) < 4.78 is 14.4. The van der Waals surface area contributed by atoms with Crippen LogP contribution in [0.2, 0.25) is 0 Å². The molecule has 3 aromatic rings. The van der Waals surface area contributed by atoms with Gasteiger partial charge in [0.1, 0.15) is 5.82 Å². The molecule has 0 saturated carbocycles. The molecular formula is C22H21FN2O2S2. The van der Waals surface area contributed by atoms with Gasteiger partial charge in [0.2, 0.25) is 5.91 Å². The van der Waals surface area contributed by atoms with Crippen LogP contribution in [0.3, 0.4) is 0 Å². The monoisotopic (exact) mass is 428 g/mol. The number of carbonyl (C=O) groups excluding carboxylic acids is 2. The van der Waals surface area contributed by atoms with Crippen LogP contribution in [0.4, 0.5) is 10.1 Å². The number of nitrogens with zero attached hydrogens (tertiary/aromatic N) is 1. The van der Waals surface area contributed by atoms with Gasteiger partial charge in [0, 0.05) is 35.0 Å². The van der Waals surface area contributed by atoms with Crippen molar-refractivity contribution in [2.45, 2.75) is 13.3 Å². The smallest absolute Gasteiger partial charge is 0.266 e. The first-order chi connectivity index (χ1) is 14.0. The standard InChI is InChI=1S/C22H21FN2O2S2/c1-14-18-13-16(23)4-7-19(18)29-21(14)22(27)24-17-5-2-15(3-6-17)12-20(26)25-8-10-28-11-9-25/h2-7,13H,8-12H2,1H3,(H,24,27). The number of hydrogen-bond donors (Lipinski definition) is 1. The Bertz CT molecular complexity index is 1060. The molecule has 0 unspecified atom stereocenters. The predicted molar refractivity (Wildman–Crippen MR) is 119 cm³/mol. The van der Waals surface area contributed by atoms with Crippen LogP contribution < -0.4 is 5.32 Å². The molecule has 1 aliphatic heterocycles. The Morgan fingerprint density at radius 2 is 1.83 bits per heavy atom. The molecule has 2 heterocycles. The summed E-state index contributed by atoms with van der Waals surface area (Å²) in [4.78, 5) is 27.6. The minimum Gasteiger partial charge on any atom is -0.341 e. The molecule has 29 heavy (non-hydrogen) atoms. The number of thiophene rings is 1. The summed E-state index contributed by atoms with van der Waals surface area (Å²) >= 11 is 3.24. The van der Waals surface area contributed by atoms with Crippen molar-refractivity contribution >= 4 is 50.7 Å². The molecule has 1 aromatic heterocycles. The quantitative estimate of drug-likeness (QED) is 0.654. The third-order valence-electron chi connectivity index (χ3n) is 5.04. The number of thioether (sulfide) groups is 1. The van der Waals surface area contributed by atoms with Crippen LogP contribution in [0.15, 0.2) is 42.5 Å². The van der Waals surface area contributed by atoms with Gasteiger partial charge in [-0.2, -0.15) is 11.8 Å². The Morgan fingerprint density at radius 3 is 2.55 bits per heavy atom. The van der Waals surface area contributed by atoms with E-state index in [-0.39, 0.29) is 17.6 Å². The Labute approximate surface area is 177 Å². The minimum atomic E-state index is -0.307. The first-order valence-corrected chi connectivity index (χ1v) is 11.4. The molecule has 1 saturated heterocycles. The number of benzene rings is 2. The Kier molecular flexibility index (Phi) is 5.87. The molecule has 4 nitrogen and oxygen atoms in total. The maximum absolute atomic E-state index is 13.5. The predicted octanol–water partition coefficient (Wildman–Crippen LogP) is 4.72. The lowest BCUT2D eigenvalue weighted by Crippen LogP contribution is -2.38. The largest absolute Gasteiger partial charge is 0.341 e. The first kappa shape index (κ1) is 19.9. The molecule has 1 fully saturated rings. The van der Waals surface area contributed by atoms with Crippen molar-refractivity contribution in [3.8, 4) is 0 Å². The third kappa shape index (κ3) is 4.46. The molecule has 150 valence electrons. The summed E-state index contributed by atoms with van der Waals surface area (Å²) in [5.41, 5.74) is 2.38. The topological polar surface area (TPSA) is 49.4 Å². The second kappa shape index (κ2) is 8.55. The number of halogens is 1. The molecule has 0 aliphatic carbocycles. The average Bonchev–Trinajstić information content (AvgIpc) is 3.06. The number of anilines is 1. The molecule has 0 atom stereocenters. The maximum atomic E-state index is 13.5. The highest BCUT2D eigenvalue weighted by molar-refractivity contribution is 7.99. The number of rotatable bonds is 4.